The minimum absolute atomic E-state index is 0.478. The van der Waals surface area contributed by atoms with Crippen molar-refractivity contribution in [3.63, 3.8) is 0 Å². The van der Waals surface area contributed by atoms with Crippen molar-refractivity contribution in [2.24, 2.45) is 5.92 Å². The minimum atomic E-state index is -0.478. The Bertz CT molecular complexity index is 378. The second kappa shape index (κ2) is 6.53. The van der Waals surface area contributed by atoms with Crippen LogP contribution in [0.3, 0.4) is 0 Å². The second-order valence-corrected chi connectivity index (χ2v) is 6.37. The number of hydrogen-bond acceptors (Lipinski definition) is 2. The molecule has 0 aliphatic heterocycles. The number of rotatable bonds is 5. The quantitative estimate of drug-likeness (QED) is 0.852. The Kier molecular flexibility index (Phi) is 5.00. The number of aliphatic hydroxyl groups is 1. The summed E-state index contributed by atoms with van der Waals surface area (Å²) in [5.74, 6) is 1.15. The highest BCUT2D eigenvalue weighted by atomic mass is 16.3. The van der Waals surface area contributed by atoms with E-state index in [0.717, 1.165) is 32.4 Å². The van der Waals surface area contributed by atoms with Crippen molar-refractivity contribution < 1.29 is 5.11 Å². The molecular formula is C17H27NO. The van der Waals surface area contributed by atoms with Gasteiger partial charge in [-0.15, -0.1) is 0 Å². The van der Waals surface area contributed by atoms with Crippen LogP contribution in [0.4, 0.5) is 0 Å². The molecule has 1 aliphatic carbocycles. The first-order valence-electron chi connectivity index (χ1n) is 7.57. The zero-order valence-electron chi connectivity index (χ0n) is 12.2. The van der Waals surface area contributed by atoms with Crippen LogP contribution in [0.25, 0.3) is 0 Å². The molecule has 19 heavy (non-hydrogen) atoms. The standard InChI is InChI=1S/C17H27NO/c1-14-7-6-10-17(19,11-14)13-18-12-15(2)16-8-4-3-5-9-16/h3-5,8-9,14-15,18-19H,6-7,10-13H2,1-2H3. The van der Waals surface area contributed by atoms with Gasteiger partial charge in [-0.25, -0.2) is 0 Å². The maximum absolute atomic E-state index is 10.6. The van der Waals surface area contributed by atoms with Gasteiger partial charge in [0.2, 0.25) is 0 Å². The van der Waals surface area contributed by atoms with E-state index < -0.39 is 5.60 Å². The molecule has 0 heterocycles. The molecule has 3 atom stereocenters. The average molecular weight is 261 g/mol. The van der Waals surface area contributed by atoms with Gasteiger partial charge in [0.05, 0.1) is 5.60 Å². The third-order valence-electron chi connectivity index (χ3n) is 4.34. The zero-order chi connectivity index (χ0) is 13.7. The average Bonchev–Trinajstić information content (AvgIpc) is 2.39. The summed E-state index contributed by atoms with van der Waals surface area (Å²) in [4.78, 5) is 0. The zero-order valence-corrected chi connectivity index (χ0v) is 12.2. The first kappa shape index (κ1) is 14.5. The fourth-order valence-corrected chi connectivity index (χ4v) is 3.21. The Labute approximate surface area is 117 Å². The van der Waals surface area contributed by atoms with Crippen molar-refractivity contribution in [1.29, 1.82) is 0 Å². The van der Waals surface area contributed by atoms with E-state index in [1.54, 1.807) is 0 Å². The topological polar surface area (TPSA) is 32.3 Å². The summed E-state index contributed by atoms with van der Waals surface area (Å²) >= 11 is 0. The molecule has 1 aromatic rings. The van der Waals surface area contributed by atoms with E-state index >= 15 is 0 Å². The molecule has 1 saturated carbocycles. The van der Waals surface area contributed by atoms with Gasteiger partial charge in [-0.3, -0.25) is 0 Å². The lowest BCUT2D eigenvalue weighted by atomic mass is 9.79. The van der Waals surface area contributed by atoms with Crippen molar-refractivity contribution in [3.8, 4) is 0 Å². The Morgan fingerprint density at radius 2 is 2.11 bits per heavy atom. The van der Waals surface area contributed by atoms with Crippen LogP contribution in [0.5, 0.6) is 0 Å². The van der Waals surface area contributed by atoms with E-state index in [-0.39, 0.29) is 0 Å². The third kappa shape index (κ3) is 4.32. The molecule has 1 fully saturated rings. The molecule has 0 saturated heterocycles. The molecule has 2 heteroatoms. The molecule has 0 spiro atoms. The van der Waals surface area contributed by atoms with E-state index in [1.165, 1.54) is 12.0 Å². The maximum Gasteiger partial charge on any atom is 0.0774 e. The van der Waals surface area contributed by atoms with Crippen LogP contribution in [0, 0.1) is 5.92 Å². The van der Waals surface area contributed by atoms with E-state index in [1.807, 2.05) is 0 Å². The molecule has 0 radical (unpaired) electrons. The first-order valence-corrected chi connectivity index (χ1v) is 7.57. The van der Waals surface area contributed by atoms with Crippen molar-refractivity contribution in [1.82, 2.24) is 5.32 Å². The fraction of sp³-hybridized carbons (Fsp3) is 0.647. The van der Waals surface area contributed by atoms with Crippen LogP contribution in [-0.2, 0) is 0 Å². The van der Waals surface area contributed by atoms with E-state index in [9.17, 15) is 5.11 Å². The molecule has 3 unspecified atom stereocenters. The van der Waals surface area contributed by atoms with Crippen LogP contribution in [0.2, 0.25) is 0 Å². The molecule has 0 bridgehead atoms. The summed E-state index contributed by atoms with van der Waals surface area (Å²) in [6, 6.07) is 10.6. The minimum Gasteiger partial charge on any atom is -0.389 e. The van der Waals surface area contributed by atoms with Gasteiger partial charge in [-0.1, -0.05) is 57.0 Å². The van der Waals surface area contributed by atoms with E-state index in [2.05, 4.69) is 49.5 Å². The largest absolute Gasteiger partial charge is 0.389 e. The highest BCUT2D eigenvalue weighted by molar-refractivity contribution is 5.18. The van der Waals surface area contributed by atoms with Crippen LogP contribution in [-0.4, -0.2) is 23.8 Å². The Hall–Kier alpha value is -0.860. The summed E-state index contributed by atoms with van der Waals surface area (Å²) in [6.45, 7) is 6.14. The van der Waals surface area contributed by atoms with E-state index in [0.29, 0.717) is 11.8 Å². The lowest BCUT2D eigenvalue weighted by Gasteiger charge is -2.36. The molecule has 2 N–H and O–H groups in total. The molecule has 1 aliphatic rings. The SMILES string of the molecule is CC1CCCC(O)(CNCC(C)c2ccccc2)C1. The van der Waals surface area contributed by atoms with Crippen LogP contribution < -0.4 is 5.32 Å². The van der Waals surface area contributed by atoms with Crippen LogP contribution >= 0.6 is 0 Å². The van der Waals surface area contributed by atoms with Crippen molar-refractivity contribution >= 4 is 0 Å². The maximum atomic E-state index is 10.6. The third-order valence-corrected chi connectivity index (χ3v) is 4.34. The number of hydrogen-bond donors (Lipinski definition) is 2. The van der Waals surface area contributed by atoms with E-state index in [4.69, 9.17) is 0 Å². The molecule has 1 aromatic carbocycles. The van der Waals surface area contributed by atoms with Gasteiger partial charge in [0, 0.05) is 13.1 Å². The number of nitrogens with one attached hydrogen (secondary N) is 1. The molecule has 106 valence electrons. The molecule has 0 amide bonds. The summed E-state index contributed by atoms with van der Waals surface area (Å²) in [6.07, 6.45) is 4.32. The van der Waals surface area contributed by atoms with Gasteiger partial charge in [0.25, 0.3) is 0 Å². The summed E-state index contributed by atoms with van der Waals surface area (Å²) in [5, 5.41) is 14.0. The predicted octanol–water partition coefficient (Wildman–Crippen LogP) is 3.32. The highest BCUT2D eigenvalue weighted by Gasteiger charge is 2.32. The van der Waals surface area contributed by atoms with Crippen molar-refractivity contribution in [2.45, 2.75) is 51.0 Å². The Morgan fingerprint density at radius 3 is 2.79 bits per heavy atom. The summed E-state index contributed by atoms with van der Waals surface area (Å²) in [5.41, 5.74) is 0.882. The second-order valence-electron chi connectivity index (χ2n) is 6.37. The Balaban J connectivity index is 1.77. The van der Waals surface area contributed by atoms with Crippen molar-refractivity contribution in [3.05, 3.63) is 35.9 Å². The predicted molar refractivity (Wildman–Crippen MR) is 80.3 cm³/mol. The summed E-state index contributed by atoms with van der Waals surface area (Å²) < 4.78 is 0. The van der Waals surface area contributed by atoms with Gasteiger partial charge in [-0.2, -0.15) is 0 Å². The molecule has 0 aromatic heterocycles. The van der Waals surface area contributed by atoms with Crippen LogP contribution in [0.15, 0.2) is 30.3 Å². The molecular weight excluding hydrogens is 234 g/mol. The smallest absolute Gasteiger partial charge is 0.0774 e. The Morgan fingerprint density at radius 1 is 1.37 bits per heavy atom. The molecule has 2 nitrogen and oxygen atoms in total. The highest BCUT2D eigenvalue weighted by Crippen LogP contribution is 2.31. The van der Waals surface area contributed by atoms with Crippen molar-refractivity contribution in [2.75, 3.05) is 13.1 Å². The van der Waals surface area contributed by atoms with Gasteiger partial charge < -0.3 is 10.4 Å². The molecule has 2 rings (SSSR count). The lowest BCUT2D eigenvalue weighted by Crippen LogP contribution is -2.44. The van der Waals surface area contributed by atoms with Crippen LogP contribution in [0.1, 0.15) is 51.0 Å². The normalized spacial score (nSPS) is 29.1. The van der Waals surface area contributed by atoms with Gasteiger partial charge in [0.15, 0.2) is 0 Å². The monoisotopic (exact) mass is 261 g/mol. The van der Waals surface area contributed by atoms with Gasteiger partial charge >= 0.3 is 0 Å². The summed E-state index contributed by atoms with van der Waals surface area (Å²) in [7, 11) is 0. The van der Waals surface area contributed by atoms with Gasteiger partial charge in [0.1, 0.15) is 0 Å². The van der Waals surface area contributed by atoms with Gasteiger partial charge in [-0.05, 0) is 30.2 Å². The first-order chi connectivity index (χ1) is 9.09. The number of benzene rings is 1. The fourth-order valence-electron chi connectivity index (χ4n) is 3.21. The lowest BCUT2D eigenvalue weighted by molar-refractivity contribution is -0.0117.